The van der Waals surface area contributed by atoms with Gasteiger partial charge in [-0.2, -0.15) is 4.31 Å². The van der Waals surface area contributed by atoms with Crippen molar-refractivity contribution in [3.8, 4) is 0 Å². The Kier molecular flexibility index (Phi) is 11.6. The number of likely N-dealkylation sites (tertiary alicyclic amines) is 1. The van der Waals surface area contributed by atoms with Gasteiger partial charge in [0.25, 0.3) is 5.91 Å². The molecule has 3 fully saturated rings. The lowest BCUT2D eigenvalue weighted by molar-refractivity contribution is -0.145. The molecule has 13 nitrogen and oxygen atoms in total. The molecule has 1 unspecified atom stereocenters. The average Bonchev–Trinajstić information content (AvgIpc) is 3.92. The molecule has 3 aliphatic rings. The van der Waals surface area contributed by atoms with Gasteiger partial charge in [-0.15, -0.1) is 6.58 Å². The highest BCUT2D eigenvalue weighted by Crippen LogP contribution is 2.65. The van der Waals surface area contributed by atoms with Gasteiger partial charge < -0.3 is 26.2 Å². The van der Waals surface area contributed by atoms with Gasteiger partial charge in [-0.05, 0) is 59.5 Å². The van der Waals surface area contributed by atoms with Crippen LogP contribution in [0.2, 0.25) is 0 Å². The van der Waals surface area contributed by atoms with Crippen LogP contribution in [0.5, 0.6) is 0 Å². The molecule has 4 N–H and O–H groups in total. The first kappa shape index (κ1) is 39.0. The van der Waals surface area contributed by atoms with E-state index in [0.717, 1.165) is 0 Å². The number of ketones is 1. The number of urea groups is 1. The minimum atomic E-state index is -3.81. The van der Waals surface area contributed by atoms with E-state index in [0.29, 0.717) is 19.4 Å². The molecule has 2 saturated carbocycles. The zero-order valence-corrected chi connectivity index (χ0v) is 31.3. The maximum atomic E-state index is 14.4. The number of amides is 5. The summed E-state index contributed by atoms with van der Waals surface area (Å²) in [6.07, 6.45) is 2.87. The quantitative estimate of drug-likeness (QED) is 0.159. The van der Waals surface area contributed by atoms with E-state index < -0.39 is 69.1 Å². The highest BCUT2D eigenvalue weighted by atomic mass is 32.2. The standard InChI is InChI=1S/C36H54N6O7S/c1-10-18-37-32(45)29(43)27(22-16-17-22)39-31(44)28-26-24(36(26,7)8)19-42(28)33(46)30(35(4,5)6)40-34(47)38-25(21(2)3)20-41(9)50(48,49)23-14-12-11-13-15-23/h10-15,21-22,24-28,30H,1,16-20H2,2-9H3,(H,37,45)(H,39,44)(H2,38,40,47)/t24-,25+,26-,27?,28-,30+/m0/s1. The van der Waals surface area contributed by atoms with Crippen LogP contribution in [-0.4, -0.2) is 98.0 Å². The van der Waals surface area contributed by atoms with Crippen LogP contribution in [0, 0.1) is 34.5 Å². The predicted octanol–water partition coefficient (Wildman–Crippen LogP) is 2.29. The molecule has 4 rings (SSSR count). The number of hydrogen-bond acceptors (Lipinski definition) is 7. The van der Waals surface area contributed by atoms with Crippen molar-refractivity contribution in [1.82, 2.24) is 30.5 Å². The Labute approximate surface area is 296 Å². The van der Waals surface area contributed by atoms with E-state index in [4.69, 9.17) is 0 Å². The Bertz CT molecular complexity index is 1580. The number of Topliss-reactive ketones (excluding diaryl/α,β-unsaturated/α-hetero) is 1. The minimum Gasteiger partial charge on any atom is -0.346 e. The van der Waals surface area contributed by atoms with Gasteiger partial charge in [0.15, 0.2) is 0 Å². The third kappa shape index (κ3) is 8.39. The molecule has 14 heteroatoms. The van der Waals surface area contributed by atoms with Crippen LogP contribution < -0.4 is 21.3 Å². The number of sulfonamides is 1. The molecular formula is C36H54N6O7S. The maximum Gasteiger partial charge on any atom is 0.315 e. The van der Waals surface area contributed by atoms with E-state index in [1.54, 1.807) is 18.2 Å². The summed E-state index contributed by atoms with van der Waals surface area (Å²) in [5.74, 6) is -2.85. The summed E-state index contributed by atoms with van der Waals surface area (Å²) >= 11 is 0. The molecule has 0 spiro atoms. The fraction of sp³-hybridized carbons (Fsp3) is 0.639. The van der Waals surface area contributed by atoms with Crippen molar-refractivity contribution >= 4 is 39.6 Å². The lowest BCUT2D eigenvalue weighted by atomic mass is 9.85. The zero-order chi connectivity index (χ0) is 37.3. The van der Waals surface area contributed by atoms with Crippen LogP contribution in [0.4, 0.5) is 4.79 Å². The second kappa shape index (κ2) is 14.8. The van der Waals surface area contributed by atoms with Gasteiger partial charge in [-0.1, -0.05) is 72.7 Å². The van der Waals surface area contributed by atoms with E-state index in [2.05, 4.69) is 27.8 Å². The molecule has 5 amide bonds. The molecule has 2 aliphatic carbocycles. The van der Waals surface area contributed by atoms with Crippen LogP contribution >= 0.6 is 0 Å². The van der Waals surface area contributed by atoms with Crippen LogP contribution in [0.1, 0.15) is 61.3 Å². The van der Waals surface area contributed by atoms with Gasteiger partial charge in [0.2, 0.25) is 27.6 Å². The van der Waals surface area contributed by atoms with Crippen molar-refractivity contribution in [2.45, 2.75) is 90.4 Å². The van der Waals surface area contributed by atoms with Crippen molar-refractivity contribution < 1.29 is 32.4 Å². The zero-order valence-electron chi connectivity index (χ0n) is 30.5. The lowest BCUT2D eigenvalue weighted by Gasteiger charge is -2.38. The molecule has 1 aromatic rings. The summed E-state index contributed by atoms with van der Waals surface area (Å²) in [4.78, 5) is 69.2. The van der Waals surface area contributed by atoms with E-state index in [9.17, 15) is 32.4 Å². The highest BCUT2D eigenvalue weighted by Gasteiger charge is 2.70. The van der Waals surface area contributed by atoms with Crippen molar-refractivity contribution in [3.05, 3.63) is 43.0 Å². The monoisotopic (exact) mass is 714 g/mol. The van der Waals surface area contributed by atoms with Gasteiger partial charge >= 0.3 is 6.03 Å². The largest absolute Gasteiger partial charge is 0.346 e. The Morgan fingerprint density at radius 3 is 2.20 bits per heavy atom. The SMILES string of the molecule is C=CCNC(=O)C(=O)C(NC(=O)[C@@H]1[C@@H]2[C@H](CN1C(=O)[C@@H](NC(=O)N[C@H](CN(C)S(=O)(=O)c1ccccc1)C(C)C)C(C)(C)C)C2(C)C)C1CC1. The number of piperidine rings is 1. The van der Waals surface area contributed by atoms with Crippen LogP contribution in [-0.2, 0) is 29.2 Å². The van der Waals surface area contributed by atoms with Gasteiger partial charge in [0.1, 0.15) is 18.1 Å². The molecule has 6 atom stereocenters. The minimum absolute atomic E-state index is 0.00421. The molecule has 50 heavy (non-hydrogen) atoms. The molecular weight excluding hydrogens is 660 g/mol. The summed E-state index contributed by atoms with van der Waals surface area (Å²) in [6.45, 7) is 17.2. The number of carbonyl (C=O) groups excluding carboxylic acids is 5. The summed E-state index contributed by atoms with van der Waals surface area (Å²) < 4.78 is 27.5. The van der Waals surface area contributed by atoms with Crippen molar-refractivity contribution in [3.63, 3.8) is 0 Å². The fourth-order valence-electron chi connectivity index (χ4n) is 7.00. The van der Waals surface area contributed by atoms with E-state index in [1.165, 1.54) is 34.5 Å². The number of likely N-dealkylation sites (N-methyl/N-ethyl adjacent to an activating group) is 1. The average molecular weight is 715 g/mol. The first-order valence-electron chi connectivity index (χ1n) is 17.4. The summed E-state index contributed by atoms with van der Waals surface area (Å²) in [7, 11) is -2.35. The highest BCUT2D eigenvalue weighted by molar-refractivity contribution is 7.89. The number of nitrogens with zero attached hydrogens (tertiary/aromatic N) is 2. The molecule has 1 heterocycles. The number of nitrogens with one attached hydrogen (secondary N) is 4. The van der Waals surface area contributed by atoms with Crippen LogP contribution in [0.15, 0.2) is 47.9 Å². The predicted molar refractivity (Wildman–Crippen MR) is 189 cm³/mol. The molecule has 0 aromatic heterocycles. The molecule has 1 saturated heterocycles. The van der Waals surface area contributed by atoms with Crippen LogP contribution in [0.3, 0.4) is 0 Å². The van der Waals surface area contributed by atoms with Gasteiger partial charge in [0.05, 0.1) is 4.90 Å². The van der Waals surface area contributed by atoms with Gasteiger partial charge in [0, 0.05) is 32.7 Å². The second-order valence-corrected chi connectivity index (χ2v) is 18.0. The first-order chi connectivity index (χ1) is 23.2. The number of benzene rings is 1. The normalized spacial score (nSPS) is 22.9. The number of fused-ring (bicyclic) bond motifs is 1. The topological polar surface area (TPSA) is 174 Å². The molecule has 276 valence electrons. The fourth-order valence-corrected chi connectivity index (χ4v) is 8.22. The van der Waals surface area contributed by atoms with Crippen molar-refractivity contribution in [2.24, 2.45) is 34.5 Å². The Morgan fingerprint density at radius 1 is 1.04 bits per heavy atom. The third-order valence-electron chi connectivity index (χ3n) is 10.5. The molecule has 1 aliphatic heterocycles. The third-order valence-corrected chi connectivity index (χ3v) is 12.3. The summed E-state index contributed by atoms with van der Waals surface area (Å²) in [6, 6.07) is 3.89. The van der Waals surface area contributed by atoms with Gasteiger partial charge in [-0.25, -0.2) is 13.2 Å². The Morgan fingerprint density at radius 2 is 1.66 bits per heavy atom. The van der Waals surface area contributed by atoms with Crippen molar-refractivity contribution in [2.75, 3.05) is 26.7 Å². The van der Waals surface area contributed by atoms with E-state index in [1.807, 2.05) is 48.5 Å². The maximum absolute atomic E-state index is 14.4. The molecule has 1 aromatic carbocycles. The Balaban J connectivity index is 1.50. The summed E-state index contributed by atoms with van der Waals surface area (Å²) in [5, 5.41) is 11.0. The second-order valence-electron chi connectivity index (χ2n) is 15.9. The first-order valence-corrected chi connectivity index (χ1v) is 18.8. The van der Waals surface area contributed by atoms with E-state index in [-0.39, 0.29) is 47.1 Å². The smallest absolute Gasteiger partial charge is 0.315 e. The van der Waals surface area contributed by atoms with Gasteiger partial charge in [-0.3, -0.25) is 19.2 Å². The Hall–Kier alpha value is -3.78. The summed E-state index contributed by atoms with van der Waals surface area (Å²) in [5.41, 5.74) is -0.980. The number of carbonyl (C=O) groups is 5. The molecule has 0 bridgehead atoms. The number of hydrogen-bond donors (Lipinski definition) is 4. The van der Waals surface area contributed by atoms with Crippen LogP contribution in [0.25, 0.3) is 0 Å². The lowest BCUT2D eigenvalue weighted by Crippen LogP contribution is -2.62. The number of rotatable bonds is 15. The van der Waals surface area contributed by atoms with E-state index >= 15 is 0 Å². The van der Waals surface area contributed by atoms with Crippen molar-refractivity contribution in [1.29, 1.82) is 0 Å². The molecule has 0 radical (unpaired) electrons.